The summed E-state index contributed by atoms with van der Waals surface area (Å²) in [6.45, 7) is 3.00. The molecule has 1 aliphatic rings. The predicted molar refractivity (Wildman–Crippen MR) is 70.1 cm³/mol. The number of carbonyl (C=O) groups excluding carboxylic acids is 1. The Morgan fingerprint density at radius 1 is 1.68 bits per heavy atom. The molecule has 7 nitrogen and oxygen atoms in total. The summed E-state index contributed by atoms with van der Waals surface area (Å²) in [7, 11) is 0. The third kappa shape index (κ3) is 3.10. The smallest absolute Gasteiger partial charge is 0.224 e. The van der Waals surface area contributed by atoms with Crippen LogP contribution in [0.15, 0.2) is 6.20 Å². The summed E-state index contributed by atoms with van der Waals surface area (Å²) in [4.78, 5) is 21.2. The molecule has 1 atom stereocenters. The average Bonchev–Trinajstić information content (AvgIpc) is 2.39. The number of nitrogen functional groups attached to an aromatic ring is 1. The molecule has 1 amide bonds. The van der Waals surface area contributed by atoms with Crippen molar-refractivity contribution in [3.8, 4) is 6.07 Å². The third-order valence-corrected chi connectivity index (χ3v) is 3.14. The molecule has 3 N–H and O–H groups in total. The van der Waals surface area contributed by atoms with E-state index in [0.29, 0.717) is 12.5 Å². The van der Waals surface area contributed by atoms with E-state index in [1.165, 1.54) is 6.20 Å². The molecule has 1 aromatic heterocycles. The number of aromatic nitrogens is 2. The first-order valence-electron chi connectivity index (χ1n) is 6.15. The lowest BCUT2D eigenvalue weighted by molar-refractivity contribution is -0.129. The number of anilines is 2. The quantitative estimate of drug-likeness (QED) is 0.794. The molecule has 0 saturated carbocycles. The first-order valence-corrected chi connectivity index (χ1v) is 6.15. The number of nitrogens with one attached hydrogen (secondary N) is 1. The van der Waals surface area contributed by atoms with Crippen molar-refractivity contribution < 1.29 is 4.79 Å². The molecule has 0 aromatic carbocycles. The van der Waals surface area contributed by atoms with Crippen molar-refractivity contribution >= 4 is 17.7 Å². The molecule has 0 aliphatic carbocycles. The van der Waals surface area contributed by atoms with Gasteiger partial charge in [-0.05, 0) is 12.8 Å². The molecule has 0 radical (unpaired) electrons. The van der Waals surface area contributed by atoms with E-state index in [2.05, 4.69) is 15.3 Å². The maximum atomic E-state index is 11.3. The zero-order chi connectivity index (χ0) is 13.8. The zero-order valence-electron chi connectivity index (χ0n) is 10.8. The molecular weight excluding hydrogens is 244 g/mol. The summed E-state index contributed by atoms with van der Waals surface area (Å²) in [6.07, 6.45) is 3.30. The number of nitriles is 1. The molecule has 1 fully saturated rings. The number of nitrogens with two attached hydrogens (primary N) is 1. The monoisotopic (exact) mass is 260 g/mol. The Labute approximate surface area is 111 Å². The Morgan fingerprint density at radius 2 is 2.47 bits per heavy atom. The van der Waals surface area contributed by atoms with Crippen LogP contribution in [0.1, 0.15) is 25.3 Å². The van der Waals surface area contributed by atoms with Crippen LogP contribution < -0.4 is 11.1 Å². The minimum absolute atomic E-state index is 0.0757. The molecule has 0 unspecified atom stereocenters. The average molecular weight is 260 g/mol. The number of amides is 1. The van der Waals surface area contributed by atoms with Crippen molar-refractivity contribution in [3.05, 3.63) is 11.8 Å². The summed E-state index contributed by atoms with van der Waals surface area (Å²) < 4.78 is 0. The second kappa shape index (κ2) is 5.52. The highest BCUT2D eigenvalue weighted by Crippen LogP contribution is 2.15. The van der Waals surface area contributed by atoms with Gasteiger partial charge in [0.1, 0.15) is 17.5 Å². The van der Waals surface area contributed by atoms with Gasteiger partial charge in [-0.2, -0.15) is 10.2 Å². The van der Waals surface area contributed by atoms with E-state index in [1.54, 1.807) is 11.8 Å². The summed E-state index contributed by atoms with van der Waals surface area (Å²) in [5.74, 6) is 0.637. The number of hydrogen-bond acceptors (Lipinski definition) is 6. The van der Waals surface area contributed by atoms with Crippen molar-refractivity contribution in [1.29, 1.82) is 5.26 Å². The standard InChI is InChI=1S/C12H16N6O/c1-8(19)18-4-2-3-10(7-18)16-12-15-6-9(5-13)11(14)17-12/h6,10H,2-4,7H2,1H3,(H3,14,15,16,17)/t10-/m0/s1. The maximum absolute atomic E-state index is 11.3. The lowest BCUT2D eigenvalue weighted by Gasteiger charge is -2.32. The number of piperidine rings is 1. The lowest BCUT2D eigenvalue weighted by atomic mass is 10.1. The number of carbonyl (C=O) groups is 1. The van der Waals surface area contributed by atoms with Crippen LogP contribution >= 0.6 is 0 Å². The fraction of sp³-hybridized carbons (Fsp3) is 0.500. The van der Waals surface area contributed by atoms with E-state index in [9.17, 15) is 4.79 Å². The predicted octanol–water partition coefficient (Wildman–Crippen LogP) is 0.353. The molecule has 2 heterocycles. The van der Waals surface area contributed by atoms with Gasteiger partial charge in [-0.3, -0.25) is 4.79 Å². The van der Waals surface area contributed by atoms with Gasteiger partial charge in [0.05, 0.1) is 6.20 Å². The van der Waals surface area contributed by atoms with Crippen molar-refractivity contribution in [1.82, 2.24) is 14.9 Å². The zero-order valence-corrected chi connectivity index (χ0v) is 10.8. The number of hydrogen-bond donors (Lipinski definition) is 2. The Hall–Kier alpha value is -2.36. The number of likely N-dealkylation sites (tertiary alicyclic amines) is 1. The Balaban J connectivity index is 2.03. The van der Waals surface area contributed by atoms with E-state index in [4.69, 9.17) is 11.0 Å². The van der Waals surface area contributed by atoms with Gasteiger partial charge in [0.2, 0.25) is 11.9 Å². The van der Waals surface area contributed by atoms with Crippen LogP contribution in [0.5, 0.6) is 0 Å². The molecule has 100 valence electrons. The van der Waals surface area contributed by atoms with Crippen LogP contribution in [0, 0.1) is 11.3 Å². The van der Waals surface area contributed by atoms with Gasteiger partial charge in [0, 0.05) is 26.1 Å². The largest absolute Gasteiger partial charge is 0.382 e. The van der Waals surface area contributed by atoms with Crippen molar-refractivity contribution in [2.75, 3.05) is 24.1 Å². The molecule has 0 bridgehead atoms. The van der Waals surface area contributed by atoms with Gasteiger partial charge in [-0.1, -0.05) is 0 Å². The molecule has 7 heteroatoms. The summed E-state index contributed by atoms with van der Waals surface area (Å²) in [5.41, 5.74) is 5.90. The normalized spacial score (nSPS) is 18.7. The topological polar surface area (TPSA) is 108 Å². The molecule has 19 heavy (non-hydrogen) atoms. The van der Waals surface area contributed by atoms with Crippen LogP contribution in [0.3, 0.4) is 0 Å². The highest BCUT2D eigenvalue weighted by atomic mass is 16.2. The minimum atomic E-state index is 0.0757. The Bertz CT molecular complexity index is 523. The second-order valence-electron chi connectivity index (χ2n) is 4.55. The summed E-state index contributed by atoms with van der Waals surface area (Å²) >= 11 is 0. The molecule has 0 spiro atoms. The fourth-order valence-electron chi connectivity index (χ4n) is 2.11. The van der Waals surface area contributed by atoms with E-state index < -0.39 is 0 Å². The van der Waals surface area contributed by atoms with Crippen molar-refractivity contribution in [2.24, 2.45) is 0 Å². The fourth-order valence-corrected chi connectivity index (χ4v) is 2.11. The van der Waals surface area contributed by atoms with Crippen molar-refractivity contribution in [3.63, 3.8) is 0 Å². The van der Waals surface area contributed by atoms with Gasteiger partial charge in [0.25, 0.3) is 0 Å². The number of rotatable bonds is 2. The number of nitrogens with zero attached hydrogens (tertiary/aromatic N) is 4. The first kappa shape index (κ1) is 13.1. The van der Waals surface area contributed by atoms with Gasteiger partial charge in [-0.15, -0.1) is 0 Å². The molecule has 1 aromatic rings. The molecule has 2 rings (SSSR count). The molecular formula is C12H16N6O. The van der Waals surface area contributed by atoms with Crippen LogP contribution in [0.4, 0.5) is 11.8 Å². The third-order valence-electron chi connectivity index (χ3n) is 3.14. The van der Waals surface area contributed by atoms with Crippen LogP contribution in [0.2, 0.25) is 0 Å². The van der Waals surface area contributed by atoms with Crippen LogP contribution in [-0.2, 0) is 4.79 Å². The Morgan fingerprint density at radius 3 is 3.11 bits per heavy atom. The summed E-state index contributed by atoms with van der Waals surface area (Å²) in [5, 5.41) is 11.9. The van der Waals surface area contributed by atoms with E-state index in [-0.39, 0.29) is 23.3 Å². The van der Waals surface area contributed by atoms with Gasteiger partial charge >= 0.3 is 0 Å². The van der Waals surface area contributed by atoms with E-state index in [1.807, 2.05) is 6.07 Å². The molecule has 1 aliphatic heterocycles. The van der Waals surface area contributed by atoms with E-state index in [0.717, 1.165) is 19.4 Å². The first-order chi connectivity index (χ1) is 9.10. The van der Waals surface area contributed by atoms with E-state index >= 15 is 0 Å². The highest BCUT2D eigenvalue weighted by Gasteiger charge is 2.22. The van der Waals surface area contributed by atoms with Crippen molar-refractivity contribution in [2.45, 2.75) is 25.8 Å². The minimum Gasteiger partial charge on any atom is -0.382 e. The summed E-state index contributed by atoms with van der Waals surface area (Å²) in [6, 6.07) is 2.03. The van der Waals surface area contributed by atoms with Gasteiger partial charge in [0.15, 0.2) is 0 Å². The lowest BCUT2D eigenvalue weighted by Crippen LogP contribution is -2.44. The Kier molecular flexibility index (Phi) is 3.80. The van der Waals surface area contributed by atoms with Crippen LogP contribution in [0.25, 0.3) is 0 Å². The van der Waals surface area contributed by atoms with Gasteiger partial charge < -0.3 is 16.0 Å². The SMILES string of the molecule is CC(=O)N1CCC[C@H](Nc2ncc(C#N)c(N)n2)C1. The highest BCUT2D eigenvalue weighted by molar-refractivity contribution is 5.73. The maximum Gasteiger partial charge on any atom is 0.224 e. The van der Waals surface area contributed by atoms with Gasteiger partial charge in [-0.25, -0.2) is 4.98 Å². The molecule has 1 saturated heterocycles. The van der Waals surface area contributed by atoms with Crippen LogP contribution in [-0.4, -0.2) is 39.9 Å². The second-order valence-corrected chi connectivity index (χ2v) is 4.55.